The summed E-state index contributed by atoms with van der Waals surface area (Å²) in [5, 5.41) is 5.35. The van der Waals surface area contributed by atoms with Crippen LogP contribution in [0.25, 0.3) is 0 Å². The number of carbonyl (C=O) groups is 1. The Morgan fingerprint density at radius 3 is 2.89 bits per heavy atom. The second-order valence-corrected chi connectivity index (χ2v) is 6.42. The van der Waals surface area contributed by atoms with Gasteiger partial charge in [0.2, 0.25) is 0 Å². The highest BCUT2D eigenvalue weighted by Gasteiger charge is 2.34. The Labute approximate surface area is 117 Å². The summed E-state index contributed by atoms with van der Waals surface area (Å²) in [7, 11) is 0. The Balaban J connectivity index is 2.61. The molecule has 0 aromatic carbocycles. The predicted molar refractivity (Wildman–Crippen MR) is 78.4 cm³/mol. The fraction of sp³-hybridized carbons (Fsp3) is 0.615. The molecule has 0 aliphatic carbocycles. The van der Waals surface area contributed by atoms with E-state index in [1.54, 1.807) is 23.1 Å². The zero-order valence-corrected chi connectivity index (χ0v) is 12.8. The molecule has 1 aromatic rings. The quantitative estimate of drug-likeness (QED) is 0.589. The summed E-state index contributed by atoms with van der Waals surface area (Å²) in [6, 6.07) is 4.09. The van der Waals surface area contributed by atoms with Gasteiger partial charge in [0.15, 0.2) is 0 Å². The molecular formula is C13H21NO2S2. The molecule has 0 saturated heterocycles. The van der Waals surface area contributed by atoms with E-state index in [1.807, 2.05) is 25.3 Å². The summed E-state index contributed by atoms with van der Waals surface area (Å²) in [6.07, 6.45) is 0.999. The topological polar surface area (TPSA) is 38.3 Å². The highest BCUT2D eigenvalue weighted by atomic mass is 32.2. The average molecular weight is 287 g/mol. The van der Waals surface area contributed by atoms with Crippen LogP contribution in [0, 0.1) is 0 Å². The molecule has 0 bridgehead atoms. The van der Waals surface area contributed by atoms with Crippen molar-refractivity contribution < 1.29 is 9.53 Å². The lowest BCUT2D eigenvalue weighted by molar-refractivity contribution is -0.149. The molecule has 0 radical (unpaired) electrons. The molecule has 0 saturated carbocycles. The van der Waals surface area contributed by atoms with Gasteiger partial charge in [0, 0.05) is 5.75 Å². The van der Waals surface area contributed by atoms with E-state index in [0.29, 0.717) is 12.4 Å². The van der Waals surface area contributed by atoms with Crippen molar-refractivity contribution in [2.75, 3.05) is 18.9 Å². The van der Waals surface area contributed by atoms with Gasteiger partial charge >= 0.3 is 5.97 Å². The molecule has 5 heteroatoms. The molecule has 0 aliphatic rings. The Hall–Kier alpha value is -0.520. The first-order valence-corrected chi connectivity index (χ1v) is 8.07. The third-order valence-corrected chi connectivity index (χ3v) is 4.94. The van der Waals surface area contributed by atoms with E-state index in [2.05, 4.69) is 18.3 Å². The first-order chi connectivity index (χ1) is 8.62. The monoisotopic (exact) mass is 287 g/mol. The maximum atomic E-state index is 12.0. The first kappa shape index (κ1) is 15.5. The smallest absolute Gasteiger partial charge is 0.326 e. The largest absolute Gasteiger partial charge is 0.465 e. The van der Waals surface area contributed by atoms with Crippen LogP contribution in [-0.4, -0.2) is 30.4 Å². The van der Waals surface area contributed by atoms with Gasteiger partial charge in [0.05, 0.1) is 10.8 Å². The summed E-state index contributed by atoms with van der Waals surface area (Å²) in [6.45, 7) is 7.09. The van der Waals surface area contributed by atoms with Gasteiger partial charge in [-0.05, 0) is 38.3 Å². The number of carbonyl (C=O) groups excluding carboxylic acids is 1. The maximum absolute atomic E-state index is 12.0. The Bertz CT molecular complexity index is 354. The molecule has 0 amide bonds. The van der Waals surface area contributed by atoms with Gasteiger partial charge in [-0.1, -0.05) is 13.0 Å². The molecule has 1 atom stereocenters. The van der Waals surface area contributed by atoms with Gasteiger partial charge in [-0.2, -0.15) is 0 Å². The van der Waals surface area contributed by atoms with Gasteiger partial charge in [-0.15, -0.1) is 23.1 Å². The zero-order chi connectivity index (χ0) is 13.4. The second-order valence-electron chi connectivity index (χ2n) is 4.20. The number of hydrogen-bond acceptors (Lipinski definition) is 5. The molecular weight excluding hydrogens is 266 g/mol. The van der Waals surface area contributed by atoms with Crippen molar-refractivity contribution in [3.05, 3.63) is 17.5 Å². The number of nitrogens with one attached hydrogen (secondary N) is 1. The molecule has 1 N–H and O–H groups in total. The van der Waals surface area contributed by atoms with Crippen molar-refractivity contribution in [3.8, 4) is 0 Å². The van der Waals surface area contributed by atoms with E-state index in [-0.39, 0.29) is 5.97 Å². The number of ether oxygens (including phenoxy) is 1. The lowest BCUT2D eigenvalue weighted by Gasteiger charge is -2.27. The Morgan fingerprint density at radius 2 is 2.33 bits per heavy atom. The van der Waals surface area contributed by atoms with Crippen LogP contribution in [0.15, 0.2) is 21.7 Å². The molecule has 1 heterocycles. The van der Waals surface area contributed by atoms with E-state index < -0.39 is 5.54 Å². The third kappa shape index (κ3) is 4.63. The van der Waals surface area contributed by atoms with Crippen LogP contribution < -0.4 is 5.32 Å². The molecule has 1 rings (SSSR count). The van der Waals surface area contributed by atoms with Crippen LogP contribution in [0.2, 0.25) is 0 Å². The molecule has 3 nitrogen and oxygen atoms in total. The van der Waals surface area contributed by atoms with Crippen molar-refractivity contribution >= 4 is 29.1 Å². The third-order valence-electron chi connectivity index (χ3n) is 2.49. The second kappa shape index (κ2) is 7.81. The van der Waals surface area contributed by atoms with E-state index in [1.165, 1.54) is 4.21 Å². The predicted octanol–water partition coefficient (Wildman–Crippen LogP) is 3.16. The highest BCUT2D eigenvalue weighted by molar-refractivity contribution is 8.01. The van der Waals surface area contributed by atoms with Gasteiger partial charge in [-0.25, -0.2) is 0 Å². The molecule has 1 unspecified atom stereocenters. The van der Waals surface area contributed by atoms with E-state index in [9.17, 15) is 4.79 Å². The SMILES string of the molecule is CCCNC(C)(CSc1cccs1)C(=O)OCC. The number of thiophene rings is 1. The normalized spacial score (nSPS) is 14.2. The molecule has 18 heavy (non-hydrogen) atoms. The fourth-order valence-electron chi connectivity index (χ4n) is 1.43. The standard InChI is InChI=1S/C13H21NO2S2/c1-4-8-14-13(3,12(15)16-5-2)10-18-11-7-6-9-17-11/h6-7,9,14H,4-5,8,10H2,1-3H3. The Kier molecular flexibility index (Phi) is 6.75. The van der Waals surface area contributed by atoms with Crippen molar-refractivity contribution in [2.45, 2.75) is 36.9 Å². The first-order valence-electron chi connectivity index (χ1n) is 6.21. The van der Waals surface area contributed by atoms with Crippen molar-refractivity contribution in [1.29, 1.82) is 0 Å². The van der Waals surface area contributed by atoms with Crippen molar-refractivity contribution in [1.82, 2.24) is 5.32 Å². The molecule has 1 aromatic heterocycles. The lowest BCUT2D eigenvalue weighted by atomic mass is 10.1. The minimum Gasteiger partial charge on any atom is -0.465 e. The minimum absolute atomic E-state index is 0.164. The van der Waals surface area contributed by atoms with Crippen LogP contribution in [0.3, 0.4) is 0 Å². The van der Waals surface area contributed by atoms with Crippen molar-refractivity contribution in [3.63, 3.8) is 0 Å². The van der Waals surface area contributed by atoms with Crippen LogP contribution in [0.4, 0.5) is 0 Å². The summed E-state index contributed by atoms with van der Waals surface area (Å²) < 4.78 is 6.39. The van der Waals surface area contributed by atoms with E-state index in [4.69, 9.17) is 4.74 Å². The van der Waals surface area contributed by atoms with Crippen LogP contribution in [0.5, 0.6) is 0 Å². The van der Waals surface area contributed by atoms with Crippen LogP contribution in [0.1, 0.15) is 27.2 Å². The molecule has 0 fully saturated rings. The highest BCUT2D eigenvalue weighted by Crippen LogP contribution is 2.27. The average Bonchev–Trinajstić information content (AvgIpc) is 2.87. The summed E-state index contributed by atoms with van der Waals surface area (Å²) in [4.78, 5) is 12.0. The summed E-state index contributed by atoms with van der Waals surface area (Å²) in [5.74, 6) is 0.523. The number of hydrogen-bond donors (Lipinski definition) is 1. The molecule has 102 valence electrons. The van der Waals surface area contributed by atoms with Gasteiger partial charge in [0.25, 0.3) is 0 Å². The number of esters is 1. The maximum Gasteiger partial charge on any atom is 0.326 e. The van der Waals surface area contributed by atoms with Crippen LogP contribution in [-0.2, 0) is 9.53 Å². The zero-order valence-electron chi connectivity index (χ0n) is 11.2. The summed E-state index contributed by atoms with van der Waals surface area (Å²) in [5.41, 5.74) is -0.610. The lowest BCUT2D eigenvalue weighted by Crippen LogP contribution is -2.52. The summed E-state index contributed by atoms with van der Waals surface area (Å²) >= 11 is 3.39. The Morgan fingerprint density at radius 1 is 1.56 bits per heavy atom. The number of rotatable bonds is 8. The van der Waals surface area contributed by atoms with E-state index >= 15 is 0 Å². The van der Waals surface area contributed by atoms with E-state index in [0.717, 1.165) is 13.0 Å². The molecule has 0 spiro atoms. The van der Waals surface area contributed by atoms with Gasteiger partial charge in [0.1, 0.15) is 5.54 Å². The molecule has 0 aliphatic heterocycles. The van der Waals surface area contributed by atoms with Crippen LogP contribution >= 0.6 is 23.1 Å². The van der Waals surface area contributed by atoms with Gasteiger partial charge in [-0.3, -0.25) is 4.79 Å². The van der Waals surface area contributed by atoms with Gasteiger partial charge < -0.3 is 10.1 Å². The minimum atomic E-state index is -0.610. The number of thioether (sulfide) groups is 1. The fourth-order valence-corrected chi connectivity index (χ4v) is 3.32. The van der Waals surface area contributed by atoms with Crippen molar-refractivity contribution in [2.24, 2.45) is 0 Å².